The SMILES string of the molecule is CN1C(=O)[C@]2(Cl)C[C@@H]3C(=CC[C@@H]4C(=O)N(c5ccc(Nc6ccccc6)cc5)C(=O)[C@@H]43)[C@H](c3cccc(F)c3O)[C@]2(Cl)C1=O. The minimum absolute atomic E-state index is 0.0222. The van der Waals surface area contributed by atoms with Crippen LogP contribution in [0.25, 0.3) is 0 Å². The number of para-hydroxylation sites is 2. The maximum Gasteiger partial charge on any atom is 0.253 e. The van der Waals surface area contributed by atoms with Gasteiger partial charge in [0.05, 0.1) is 17.5 Å². The van der Waals surface area contributed by atoms with Crippen molar-refractivity contribution in [3.63, 3.8) is 0 Å². The summed E-state index contributed by atoms with van der Waals surface area (Å²) in [6.45, 7) is 0. The summed E-state index contributed by atoms with van der Waals surface area (Å²) in [5.41, 5.74) is 2.49. The Labute approximate surface area is 262 Å². The number of aromatic hydroxyl groups is 1. The number of phenolic OH excluding ortho intramolecular Hbond substituents is 1. The topological polar surface area (TPSA) is 107 Å². The smallest absolute Gasteiger partial charge is 0.253 e. The lowest BCUT2D eigenvalue weighted by Gasteiger charge is -2.50. The van der Waals surface area contributed by atoms with Gasteiger partial charge in [-0.2, -0.15) is 0 Å². The fourth-order valence-corrected chi connectivity index (χ4v) is 8.50. The van der Waals surface area contributed by atoms with Gasteiger partial charge in [0.15, 0.2) is 21.3 Å². The van der Waals surface area contributed by atoms with Crippen LogP contribution in [-0.2, 0) is 19.2 Å². The molecule has 11 heteroatoms. The number of nitrogens with zero attached hydrogens (tertiary/aromatic N) is 2. The van der Waals surface area contributed by atoms with Gasteiger partial charge >= 0.3 is 0 Å². The molecule has 2 saturated heterocycles. The van der Waals surface area contributed by atoms with E-state index in [1.54, 1.807) is 30.3 Å². The molecule has 4 amide bonds. The number of fused-ring (bicyclic) bond motifs is 4. The van der Waals surface area contributed by atoms with E-state index in [0.29, 0.717) is 11.3 Å². The van der Waals surface area contributed by atoms with Crippen molar-refractivity contribution in [2.24, 2.45) is 17.8 Å². The average Bonchev–Trinajstić information content (AvgIpc) is 3.34. The highest BCUT2D eigenvalue weighted by Gasteiger charge is 2.76. The van der Waals surface area contributed by atoms with Crippen molar-refractivity contribution in [3.05, 3.63) is 95.8 Å². The zero-order chi connectivity index (χ0) is 31.1. The average molecular weight is 634 g/mol. The molecule has 224 valence electrons. The number of carbonyl (C=O) groups excluding carboxylic acids is 4. The molecule has 44 heavy (non-hydrogen) atoms. The van der Waals surface area contributed by atoms with Crippen LogP contribution in [0.3, 0.4) is 0 Å². The quantitative estimate of drug-likeness (QED) is 0.224. The molecule has 0 radical (unpaired) electrons. The van der Waals surface area contributed by atoms with Crippen molar-refractivity contribution in [2.75, 3.05) is 17.3 Å². The van der Waals surface area contributed by atoms with Gasteiger partial charge in [0.2, 0.25) is 11.8 Å². The number of phenols is 1. The van der Waals surface area contributed by atoms with Gasteiger partial charge in [-0.15, -0.1) is 23.2 Å². The largest absolute Gasteiger partial charge is 0.505 e. The molecule has 3 fully saturated rings. The predicted octanol–water partition coefficient (Wildman–Crippen LogP) is 5.47. The molecule has 1 saturated carbocycles. The predicted molar refractivity (Wildman–Crippen MR) is 162 cm³/mol. The minimum atomic E-state index is -2.10. The number of allylic oxidation sites excluding steroid dienone is 2. The number of halogens is 3. The van der Waals surface area contributed by atoms with Crippen LogP contribution in [0, 0.1) is 23.6 Å². The molecule has 0 bridgehead atoms. The van der Waals surface area contributed by atoms with E-state index >= 15 is 0 Å². The number of amides is 4. The molecule has 6 atom stereocenters. The third-order valence-electron chi connectivity index (χ3n) is 9.53. The van der Waals surface area contributed by atoms with Crippen molar-refractivity contribution in [2.45, 2.75) is 28.5 Å². The number of rotatable bonds is 4. The lowest BCUT2D eigenvalue weighted by Crippen LogP contribution is -2.60. The zero-order valence-corrected chi connectivity index (χ0v) is 24.8. The van der Waals surface area contributed by atoms with Gasteiger partial charge in [0.1, 0.15) is 0 Å². The van der Waals surface area contributed by atoms with Crippen molar-refractivity contribution >= 4 is 63.9 Å². The van der Waals surface area contributed by atoms with Gasteiger partial charge in [-0.25, -0.2) is 4.39 Å². The Kier molecular flexibility index (Phi) is 6.43. The number of anilines is 3. The summed E-state index contributed by atoms with van der Waals surface area (Å²) in [7, 11) is 1.27. The Morgan fingerprint density at radius 2 is 1.55 bits per heavy atom. The second-order valence-electron chi connectivity index (χ2n) is 11.7. The summed E-state index contributed by atoms with van der Waals surface area (Å²) < 4.78 is 14.7. The summed E-state index contributed by atoms with van der Waals surface area (Å²) in [5, 5.41) is 14.1. The van der Waals surface area contributed by atoms with E-state index in [2.05, 4.69) is 5.32 Å². The molecule has 2 aliphatic heterocycles. The van der Waals surface area contributed by atoms with Gasteiger partial charge in [-0.1, -0.05) is 42.0 Å². The van der Waals surface area contributed by atoms with Crippen molar-refractivity contribution < 1.29 is 28.7 Å². The van der Waals surface area contributed by atoms with Gasteiger partial charge in [0.25, 0.3) is 11.8 Å². The summed E-state index contributed by atoms with van der Waals surface area (Å²) >= 11 is 14.2. The first-order valence-electron chi connectivity index (χ1n) is 14.2. The first kappa shape index (κ1) is 28.6. The van der Waals surface area contributed by atoms with Crippen molar-refractivity contribution in [1.82, 2.24) is 4.90 Å². The number of carbonyl (C=O) groups is 4. The second kappa shape index (κ2) is 9.90. The summed E-state index contributed by atoms with van der Waals surface area (Å²) in [6, 6.07) is 20.3. The molecule has 7 rings (SSSR count). The molecule has 4 aliphatic rings. The number of hydrogen-bond donors (Lipinski definition) is 2. The number of alkyl halides is 2. The highest BCUT2D eigenvalue weighted by atomic mass is 35.5. The van der Waals surface area contributed by atoms with Crippen molar-refractivity contribution in [3.8, 4) is 5.75 Å². The molecule has 2 heterocycles. The summed E-state index contributed by atoms with van der Waals surface area (Å²) in [5.74, 6) is -7.72. The maximum absolute atomic E-state index is 14.7. The third kappa shape index (κ3) is 3.75. The molecule has 3 aromatic carbocycles. The standard InChI is InChI=1S/C33H26Cl2FN3O5/c1-38-30(43)32(34)16-23-20(26(33(32,35)31(38)44)22-8-5-9-24(36)27(22)40)14-15-21-25(23)29(42)39(28(21)41)19-12-10-18(11-13-19)37-17-6-3-2-4-7-17/h2-14,21,23,25-26,37,40H,15-16H2,1H3/t21-,23+,25-,26+,32+,33-/m0/s1. The first-order valence-corrected chi connectivity index (χ1v) is 14.9. The van der Waals surface area contributed by atoms with E-state index in [9.17, 15) is 28.7 Å². The molecule has 3 aromatic rings. The molecule has 8 nitrogen and oxygen atoms in total. The number of hydrogen-bond acceptors (Lipinski definition) is 6. The molecular weight excluding hydrogens is 608 g/mol. The van der Waals surface area contributed by atoms with E-state index in [-0.39, 0.29) is 24.3 Å². The van der Waals surface area contributed by atoms with Crippen LogP contribution in [0.2, 0.25) is 0 Å². The fraction of sp³-hybridized carbons (Fsp3) is 0.273. The van der Waals surface area contributed by atoms with Crippen LogP contribution < -0.4 is 10.2 Å². The van der Waals surface area contributed by atoms with Gasteiger partial charge < -0.3 is 10.4 Å². The molecular formula is C33H26Cl2FN3O5. The number of nitrogens with one attached hydrogen (secondary N) is 1. The highest BCUT2D eigenvalue weighted by molar-refractivity contribution is 6.53. The molecule has 2 aliphatic carbocycles. The van der Waals surface area contributed by atoms with Crippen LogP contribution >= 0.6 is 23.2 Å². The third-order valence-corrected chi connectivity index (χ3v) is 10.9. The number of likely N-dealkylation sites (tertiary alicyclic amines) is 1. The first-order chi connectivity index (χ1) is 21.0. The van der Waals surface area contributed by atoms with Crippen molar-refractivity contribution in [1.29, 1.82) is 0 Å². The monoisotopic (exact) mass is 633 g/mol. The second-order valence-corrected chi connectivity index (χ2v) is 13.0. The van der Waals surface area contributed by atoms with E-state index in [1.165, 1.54) is 19.2 Å². The normalized spacial score (nSPS) is 31.0. The zero-order valence-electron chi connectivity index (χ0n) is 23.3. The van der Waals surface area contributed by atoms with E-state index in [1.807, 2.05) is 30.3 Å². The van der Waals surface area contributed by atoms with E-state index in [4.69, 9.17) is 23.2 Å². The van der Waals surface area contributed by atoms with Crippen LogP contribution in [0.5, 0.6) is 5.75 Å². The lowest BCUT2D eigenvalue weighted by molar-refractivity contribution is -0.138. The molecule has 0 aromatic heterocycles. The molecule has 2 N–H and O–H groups in total. The summed E-state index contributed by atoms with van der Waals surface area (Å²) in [6.07, 6.45) is 1.69. The highest BCUT2D eigenvalue weighted by Crippen LogP contribution is 2.66. The lowest BCUT2D eigenvalue weighted by atomic mass is 9.56. The Morgan fingerprint density at radius 1 is 0.864 bits per heavy atom. The minimum Gasteiger partial charge on any atom is -0.505 e. The van der Waals surface area contributed by atoms with Crippen LogP contribution in [-0.4, -0.2) is 50.4 Å². The van der Waals surface area contributed by atoms with Gasteiger partial charge in [0, 0.05) is 29.9 Å². The Bertz CT molecular complexity index is 1780. The van der Waals surface area contributed by atoms with Gasteiger partial charge in [-0.05, 0) is 61.2 Å². The van der Waals surface area contributed by atoms with Gasteiger partial charge in [-0.3, -0.25) is 29.0 Å². The molecule has 0 unspecified atom stereocenters. The fourth-order valence-electron chi connectivity index (χ4n) is 7.49. The van der Waals surface area contributed by atoms with E-state index < -0.39 is 62.7 Å². The van der Waals surface area contributed by atoms with Crippen LogP contribution in [0.4, 0.5) is 21.5 Å². The van der Waals surface area contributed by atoms with Crippen LogP contribution in [0.1, 0.15) is 24.3 Å². The Morgan fingerprint density at radius 3 is 2.25 bits per heavy atom. The van der Waals surface area contributed by atoms with Crippen LogP contribution in [0.15, 0.2) is 84.4 Å². The maximum atomic E-state index is 14.7. The Hall–Kier alpha value is -4.21. The molecule has 0 spiro atoms. The number of imide groups is 2. The number of benzene rings is 3. The van der Waals surface area contributed by atoms with E-state index in [0.717, 1.165) is 27.2 Å². The summed E-state index contributed by atoms with van der Waals surface area (Å²) in [4.78, 5) is 52.9. The Balaban J connectivity index is 1.28.